The van der Waals surface area contributed by atoms with Crippen LogP contribution in [-0.2, 0) is 6.42 Å². The number of nitrogens with one attached hydrogen (secondary N) is 1. The lowest BCUT2D eigenvalue weighted by Crippen LogP contribution is -2.26. The minimum atomic E-state index is -0.230. The van der Waals surface area contributed by atoms with Crippen LogP contribution >= 0.6 is 11.3 Å². The SMILES string of the molecule is C=C/C=C(\C)N(C=N)C(=O)c1cc2c(N(C)C)cc(CC)nc2s1.C=CCC. The maximum Gasteiger partial charge on any atom is 0.273 e. The summed E-state index contributed by atoms with van der Waals surface area (Å²) in [5.74, 6) is -0.230. The number of nitrogens with zero attached hydrogens (tertiary/aromatic N) is 3. The standard InChI is InChI=1S/C18H22N4OS.C4H8/c1-6-8-12(3)22(11-19)18(23)16-10-14-15(21(4)5)9-13(7-2)20-17(14)24-16;1-3-4-2/h6,8-11,19H,1,7H2,2-5H3;3H,1,4H2,2H3/b12-8+,19-11?;. The first-order chi connectivity index (χ1) is 13.3. The Labute approximate surface area is 172 Å². The van der Waals surface area contributed by atoms with Gasteiger partial charge in [-0.05, 0) is 38.0 Å². The first kappa shape index (κ1) is 23.3. The summed E-state index contributed by atoms with van der Waals surface area (Å²) in [4.78, 5) is 22.2. The molecule has 0 atom stereocenters. The van der Waals surface area contributed by atoms with Gasteiger partial charge in [-0.1, -0.05) is 32.6 Å². The molecule has 1 amide bonds. The molecule has 28 heavy (non-hydrogen) atoms. The van der Waals surface area contributed by atoms with E-state index in [9.17, 15) is 4.79 Å². The molecule has 0 spiro atoms. The second-order valence-corrected chi connectivity index (χ2v) is 7.29. The van der Waals surface area contributed by atoms with Gasteiger partial charge in [0.2, 0.25) is 0 Å². The Kier molecular flexibility index (Phi) is 9.32. The van der Waals surface area contributed by atoms with Crippen LogP contribution in [0, 0.1) is 5.41 Å². The largest absolute Gasteiger partial charge is 0.377 e. The van der Waals surface area contributed by atoms with E-state index in [1.807, 2.05) is 31.1 Å². The smallest absolute Gasteiger partial charge is 0.273 e. The molecule has 2 aromatic rings. The molecule has 0 aromatic carbocycles. The van der Waals surface area contributed by atoms with E-state index in [2.05, 4.69) is 38.1 Å². The maximum atomic E-state index is 12.8. The van der Waals surface area contributed by atoms with Crippen molar-refractivity contribution in [1.82, 2.24) is 9.88 Å². The number of aryl methyl sites for hydroxylation is 1. The molecular weight excluding hydrogens is 368 g/mol. The van der Waals surface area contributed by atoms with Gasteiger partial charge in [-0.3, -0.25) is 15.1 Å². The number of anilines is 1. The van der Waals surface area contributed by atoms with Gasteiger partial charge in [0.25, 0.3) is 5.91 Å². The van der Waals surface area contributed by atoms with E-state index < -0.39 is 0 Å². The van der Waals surface area contributed by atoms with Crippen molar-refractivity contribution in [2.75, 3.05) is 19.0 Å². The van der Waals surface area contributed by atoms with Crippen LogP contribution in [0.15, 0.2) is 49.2 Å². The first-order valence-corrected chi connectivity index (χ1v) is 10.0. The number of amides is 1. The monoisotopic (exact) mass is 398 g/mol. The van der Waals surface area contributed by atoms with Gasteiger partial charge in [0.15, 0.2) is 0 Å². The van der Waals surface area contributed by atoms with E-state index in [1.54, 1.807) is 19.1 Å². The fraction of sp³-hybridized carbons (Fsp3) is 0.318. The Morgan fingerprint density at radius 2 is 1.93 bits per heavy atom. The van der Waals surface area contributed by atoms with E-state index >= 15 is 0 Å². The Bertz CT molecular complexity index is 880. The van der Waals surface area contributed by atoms with Gasteiger partial charge < -0.3 is 4.90 Å². The molecule has 0 radical (unpaired) electrons. The lowest BCUT2D eigenvalue weighted by atomic mass is 10.2. The van der Waals surface area contributed by atoms with E-state index in [0.29, 0.717) is 10.6 Å². The summed E-state index contributed by atoms with van der Waals surface area (Å²) < 4.78 is 0. The second kappa shape index (κ2) is 11.2. The summed E-state index contributed by atoms with van der Waals surface area (Å²) in [7, 11) is 3.96. The fourth-order valence-corrected chi connectivity index (χ4v) is 3.40. The third-order valence-corrected chi connectivity index (χ3v) is 4.98. The number of fused-ring (bicyclic) bond motifs is 1. The lowest BCUT2D eigenvalue weighted by molar-refractivity contribution is 0.0886. The van der Waals surface area contributed by atoms with Crippen LogP contribution in [0.5, 0.6) is 0 Å². The van der Waals surface area contributed by atoms with Crippen molar-refractivity contribution >= 4 is 39.5 Å². The van der Waals surface area contributed by atoms with Gasteiger partial charge in [0.05, 0.1) is 11.2 Å². The van der Waals surface area contributed by atoms with Crippen LogP contribution in [-0.4, -0.2) is 36.2 Å². The fourth-order valence-electron chi connectivity index (χ4n) is 2.39. The van der Waals surface area contributed by atoms with Crippen LogP contribution in [0.3, 0.4) is 0 Å². The minimum Gasteiger partial charge on any atom is -0.377 e. The van der Waals surface area contributed by atoms with Crippen LogP contribution < -0.4 is 4.90 Å². The first-order valence-electron chi connectivity index (χ1n) is 9.19. The number of hydrogen-bond acceptors (Lipinski definition) is 5. The highest BCUT2D eigenvalue weighted by atomic mass is 32.1. The van der Waals surface area contributed by atoms with Gasteiger partial charge in [0.1, 0.15) is 4.83 Å². The molecule has 150 valence electrons. The van der Waals surface area contributed by atoms with Crippen LogP contribution in [0.1, 0.15) is 42.6 Å². The molecule has 0 aliphatic carbocycles. The van der Waals surface area contributed by atoms with E-state index in [-0.39, 0.29) is 5.91 Å². The normalized spacial score (nSPS) is 10.7. The number of carbonyl (C=O) groups is 1. The second-order valence-electron chi connectivity index (χ2n) is 6.26. The number of hydrogen-bond donors (Lipinski definition) is 1. The Morgan fingerprint density at radius 3 is 2.39 bits per heavy atom. The molecule has 0 bridgehead atoms. The van der Waals surface area contributed by atoms with E-state index in [4.69, 9.17) is 5.41 Å². The molecule has 5 nitrogen and oxygen atoms in total. The van der Waals surface area contributed by atoms with Crippen molar-refractivity contribution in [3.8, 4) is 0 Å². The molecule has 0 aliphatic heterocycles. The molecule has 0 saturated heterocycles. The van der Waals surface area contributed by atoms with Crippen molar-refractivity contribution in [2.45, 2.75) is 33.6 Å². The minimum absolute atomic E-state index is 0.230. The van der Waals surface area contributed by atoms with Gasteiger partial charge in [0, 0.05) is 36.6 Å². The molecule has 2 aromatic heterocycles. The third kappa shape index (κ3) is 5.63. The Morgan fingerprint density at radius 1 is 1.29 bits per heavy atom. The van der Waals surface area contributed by atoms with Gasteiger partial charge in [-0.15, -0.1) is 17.9 Å². The third-order valence-electron chi connectivity index (χ3n) is 3.97. The molecule has 1 N–H and O–H groups in total. The van der Waals surface area contributed by atoms with Crippen molar-refractivity contribution < 1.29 is 4.79 Å². The Balaban J connectivity index is 0.000000892. The van der Waals surface area contributed by atoms with Gasteiger partial charge in [-0.2, -0.15) is 0 Å². The number of allylic oxidation sites excluding steroid dienone is 4. The molecule has 2 heterocycles. The number of rotatable bonds is 7. The molecular formula is C22H30N4OS. The average molecular weight is 399 g/mol. The molecule has 0 saturated carbocycles. The zero-order valence-electron chi connectivity index (χ0n) is 17.5. The summed E-state index contributed by atoms with van der Waals surface area (Å²) in [5.41, 5.74) is 2.70. The number of thiophene rings is 1. The summed E-state index contributed by atoms with van der Waals surface area (Å²) in [6.07, 6.45) is 8.13. The van der Waals surface area contributed by atoms with Crippen molar-refractivity contribution in [2.24, 2.45) is 0 Å². The highest BCUT2D eigenvalue weighted by Gasteiger charge is 2.20. The highest BCUT2D eigenvalue weighted by molar-refractivity contribution is 7.20. The number of aromatic nitrogens is 1. The number of pyridine rings is 1. The Hall–Kier alpha value is -2.73. The topological polar surface area (TPSA) is 60.3 Å². The van der Waals surface area contributed by atoms with Gasteiger partial charge >= 0.3 is 0 Å². The molecule has 0 unspecified atom stereocenters. The predicted octanol–water partition coefficient (Wildman–Crippen LogP) is 5.65. The lowest BCUT2D eigenvalue weighted by Gasteiger charge is -2.16. The predicted molar refractivity (Wildman–Crippen MR) is 123 cm³/mol. The summed E-state index contributed by atoms with van der Waals surface area (Å²) >= 11 is 1.36. The molecule has 0 fully saturated rings. The molecule has 0 aliphatic rings. The average Bonchev–Trinajstić information content (AvgIpc) is 3.11. The van der Waals surface area contributed by atoms with Gasteiger partial charge in [-0.25, -0.2) is 4.98 Å². The molecule has 2 rings (SSSR count). The van der Waals surface area contributed by atoms with Crippen LogP contribution in [0.4, 0.5) is 5.69 Å². The zero-order valence-corrected chi connectivity index (χ0v) is 18.3. The number of carbonyl (C=O) groups excluding carboxylic acids is 1. The van der Waals surface area contributed by atoms with Crippen LogP contribution in [0.25, 0.3) is 10.2 Å². The quantitative estimate of drug-likeness (QED) is 0.284. The summed E-state index contributed by atoms with van der Waals surface area (Å²) in [5, 5.41) is 8.50. The van der Waals surface area contributed by atoms with Crippen molar-refractivity contribution in [1.29, 1.82) is 5.41 Å². The van der Waals surface area contributed by atoms with Crippen molar-refractivity contribution in [3.63, 3.8) is 0 Å². The van der Waals surface area contributed by atoms with E-state index in [0.717, 1.165) is 40.8 Å². The highest BCUT2D eigenvalue weighted by Crippen LogP contribution is 2.33. The summed E-state index contributed by atoms with van der Waals surface area (Å²) in [6, 6.07) is 3.92. The zero-order chi connectivity index (χ0) is 21.3. The molecule has 6 heteroatoms. The maximum absolute atomic E-state index is 12.8. The van der Waals surface area contributed by atoms with E-state index in [1.165, 1.54) is 16.2 Å². The van der Waals surface area contributed by atoms with Crippen molar-refractivity contribution in [3.05, 3.63) is 59.8 Å². The van der Waals surface area contributed by atoms with Crippen LogP contribution in [0.2, 0.25) is 0 Å². The summed E-state index contributed by atoms with van der Waals surface area (Å²) in [6.45, 7) is 13.0.